The number of piperidine rings is 1. The second-order valence-electron chi connectivity index (χ2n) is 4.17. The van der Waals surface area contributed by atoms with E-state index in [1.807, 2.05) is 0 Å². The van der Waals surface area contributed by atoms with Crippen molar-refractivity contribution in [3.05, 3.63) is 0 Å². The smallest absolute Gasteiger partial charge is 0.319 e. The van der Waals surface area contributed by atoms with E-state index in [2.05, 4.69) is 0 Å². The zero-order chi connectivity index (χ0) is 11.6. The van der Waals surface area contributed by atoms with Gasteiger partial charge in [0.15, 0.2) is 0 Å². The summed E-state index contributed by atoms with van der Waals surface area (Å²) in [5, 5.41) is 0. The summed E-state index contributed by atoms with van der Waals surface area (Å²) in [6.45, 7) is 1.23. The molecule has 0 saturated carbocycles. The predicted octanol–water partition coefficient (Wildman–Crippen LogP) is 1.70. The number of halogens is 4. The van der Waals surface area contributed by atoms with Crippen molar-refractivity contribution in [1.82, 2.24) is 4.90 Å². The second kappa shape index (κ2) is 4.65. The molecule has 0 bridgehead atoms. The molecule has 1 saturated heterocycles. The quantitative estimate of drug-likeness (QED) is 0.745. The van der Waals surface area contributed by atoms with E-state index < -0.39 is 18.9 Å². The zero-order valence-electron chi connectivity index (χ0n) is 8.60. The molecule has 0 aromatic carbocycles. The third-order valence-corrected chi connectivity index (χ3v) is 2.79. The molecule has 1 aliphatic rings. The fraction of sp³-hybridized carbons (Fsp3) is 1.00. The zero-order valence-corrected chi connectivity index (χ0v) is 8.60. The van der Waals surface area contributed by atoms with Crippen LogP contribution in [0.4, 0.5) is 17.6 Å². The minimum absolute atomic E-state index is 0.00331. The number of nitrogens with zero attached hydrogens (tertiary/aromatic N) is 1. The first-order valence-electron chi connectivity index (χ1n) is 4.98. The van der Waals surface area contributed by atoms with Gasteiger partial charge >= 0.3 is 12.3 Å². The van der Waals surface area contributed by atoms with Gasteiger partial charge in [-0.3, -0.25) is 4.90 Å². The van der Waals surface area contributed by atoms with Crippen LogP contribution in [0.15, 0.2) is 0 Å². The van der Waals surface area contributed by atoms with Crippen molar-refractivity contribution in [2.24, 2.45) is 5.73 Å². The Bertz CT molecular complexity index is 210. The monoisotopic (exact) mass is 228 g/mol. The van der Waals surface area contributed by atoms with Gasteiger partial charge in [-0.05, 0) is 19.8 Å². The second-order valence-corrected chi connectivity index (χ2v) is 4.17. The summed E-state index contributed by atoms with van der Waals surface area (Å²) >= 11 is 0. The molecule has 90 valence electrons. The maximum Gasteiger partial charge on any atom is 0.319 e. The summed E-state index contributed by atoms with van der Waals surface area (Å²) in [6, 6.07) is -0.158. The number of alkyl halides is 4. The summed E-state index contributed by atoms with van der Waals surface area (Å²) in [7, 11) is 0. The van der Waals surface area contributed by atoms with E-state index in [1.165, 1.54) is 4.90 Å². The fourth-order valence-corrected chi connectivity index (χ4v) is 1.83. The van der Waals surface area contributed by atoms with Crippen molar-refractivity contribution in [2.75, 3.05) is 13.1 Å². The lowest BCUT2D eigenvalue weighted by Crippen LogP contribution is -2.51. The van der Waals surface area contributed by atoms with Crippen LogP contribution in [0, 0.1) is 0 Å². The van der Waals surface area contributed by atoms with E-state index in [9.17, 15) is 17.6 Å². The Morgan fingerprint density at radius 2 is 2.07 bits per heavy atom. The number of hydrogen-bond acceptors (Lipinski definition) is 2. The Kier molecular flexibility index (Phi) is 3.94. The fourth-order valence-electron chi connectivity index (χ4n) is 1.83. The first-order chi connectivity index (χ1) is 6.83. The van der Waals surface area contributed by atoms with E-state index in [4.69, 9.17) is 5.73 Å². The lowest BCUT2D eigenvalue weighted by molar-refractivity contribution is -0.148. The molecule has 1 fully saturated rings. The van der Waals surface area contributed by atoms with Gasteiger partial charge < -0.3 is 5.73 Å². The standard InChI is InChI=1S/C9H16F4N2/c1-6-4-7(14)2-3-15(6)5-9(12,13)8(10)11/h6-8H,2-5,14H2,1H3. The van der Waals surface area contributed by atoms with Crippen molar-refractivity contribution in [2.45, 2.75) is 44.2 Å². The number of rotatable bonds is 3. The van der Waals surface area contributed by atoms with Crippen molar-refractivity contribution in [3.8, 4) is 0 Å². The van der Waals surface area contributed by atoms with Crippen LogP contribution in [0.25, 0.3) is 0 Å². The topological polar surface area (TPSA) is 29.3 Å². The lowest BCUT2D eigenvalue weighted by atomic mass is 9.99. The van der Waals surface area contributed by atoms with Gasteiger partial charge in [-0.2, -0.15) is 8.78 Å². The van der Waals surface area contributed by atoms with E-state index in [-0.39, 0.29) is 12.1 Å². The summed E-state index contributed by atoms with van der Waals surface area (Å²) in [5.74, 6) is -3.92. The van der Waals surface area contributed by atoms with Gasteiger partial charge in [-0.15, -0.1) is 0 Å². The maximum absolute atomic E-state index is 12.8. The maximum atomic E-state index is 12.8. The molecule has 2 nitrogen and oxygen atoms in total. The van der Waals surface area contributed by atoms with Gasteiger partial charge in [-0.1, -0.05) is 0 Å². The van der Waals surface area contributed by atoms with Crippen molar-refractivity contribution >= 4 is 0 Å². The van der Waals surface area contributed by atoms with Crippen LogP contribution < -0.4 is 5.73 Å². The minimum atomic E-state index is -3.92. The van der Waals surface area contributed by atoms with Crippen LogP contribution in [0.5, 0.6) is 0 Å². The van der Waals surface area contributed by atoms with Crippen molar-refractivity contribution < 1.29 is 17.6 Å². The molecule has 0 aliphatic carbocycles. The minimum Gasteiger partial charge on any atom is -0.328 e. The van der Waals surface area contributed by atoms with E-state index in [0.717, 1.165) is 0 Å². The van der Waals surface area contributed by atoms with Crippen LogP contribution in [-0.4, -0.2) is 42.4 Å². The molecule has 0 aromatic rings. The Morgan fingerprint density at radius 3 is 2.53 bits per heavy atom. The van der Waals surface area contributed by atoms with Gasteiger partial charge in [0.25, 0.3) is 0 Å². The largest absolute Gasteiger partial charge is 0.328 e. The molecule has 1 aliphatic heterocycles. The Balaban J connectivity index is 2.51. The highest BCUT2D eigenvalue weighted by Crippen LogP contribution is 2.27. The van der Waals surface area contributed by atoms with E-state index >= 15 is 0 Å². The highest BCUT2D eigenvalue weighted by Gasteiger charge is 2.43. The van der Waals surface area contributed by atoms with Gasteiger partial charge in [0.1, 0.15) is 0 Å². The van der Waals surface area contributed by atoms with Gasteiger partial charge in [-0.25, -0.2) is 8.78 Å². The van der Waals surface area contributed by atoms with Crippen LogP contribution in [0.3, 0.4) is 0 Å². The van der Waals surface area contributed by atoms with Crippen molar-refractivity contribution in [3.63, 3.8) is 0 Å². The SMILES string of the molecule is CC1CC(N)CCN1CC(F)(F)C(F)F. The first-order valence-corrected chi connectivity index (χ1v) is 4.98. The van der Waals surface area contributed by atoms with Crippen molar-refractivity contribution in [1.29, 1.82) is 0 Å². The molecule has 1 rings (SSSR count). The van der Waals surface area contributed by atoms with Crippen LogP contribution in [-0.2, 0) is 0 Å². The first kappa shape index (κ1) is 12.7. The molecule has 0 radical (unpaired) electrons. The molecule has 2 N–H and O–H groups in total. The summed E-state index contributed by atoms with van der Waals surface area (Å²) in [6.07, 6.45) is -2.43. The summed E-state index contributed by atoms with van der Waals surface area (Å²) in [5.41, 5.74) is 5.65. The lowest BCUT2D eigenvalue weighted by Gasteiger charge is -2.37. The molecule has 6 heteroatoms. The average Bonchev–Trinajstić information content (AvgIpc) is 2.09. The average molecular weight is 228 g/mol. The van der Waals surface area contributed by atoms with Crippen LogP contribution in [0.1, 0.15) is 19.8 Å². The van der Waals surface area contributed by atoms with Crippen LogP contribution in [0.2, 0.25) is 0 Å². The number of hydrogen-bond donors (Lipinski definition) is 1. The molecule has 2 unspecified atom stereocenters. The normalized spacial score (nSPS) is 29.8. The molecule has 2 atom stereocenters. The summed E-state index contributed by atoms with van der Waals surface area (Å²) < 4.78 is 49.5. The Labute approximate surface area is 86.4 Å². The van der Waals surface area contributed by atoms with E-state index in [1.54, 1.807) is 6.92 Å². The van der Waals surface area contributed by atoms with Gasteiger partial charge in [0, 0.05) is 18.6 Å². The molecular formula is C9H16F4N2. The summed E-state index contributed by atoms with van der Waals surface area (Å²) in [4.78, 5) is 1.38. The number of likely N-dealkylation sites (tertiary alicyclic amines) is 1. The highest BCUT2D eigenvalue weighted by molar-refractivity contribution is 4.85. The third-order valence-electron chi connectivity index (χ3n) is 2.79. The van der Waals surface area contributed by atoms with Crippen LogP contribution >= 0.6 is 0 Å². The molecule has 15 heavy (non-hydrogen) atoms. The molecule has 0 spiro atoms. The van der Waals surface area contributed by atoms with E-state index in [0.29, 0.717) is 19.4 Å². The molecule has 0 amide bonds. The molecular weight excluding hydrogens is 212 g/mol. The Hall–Kier alpha value is -0.360. The third kappa shape index (κ3) is 3.31. The highest BCUT2D eigenvalue weighted by atomic mass is 19.3. The molecule has 0 aromatic heterocycles. The predicted molar refractivity (Wildman–Crippen MR) is 49.2 cm³/mol. The molecule has 1 heterocycles. The number of nitrogens with two attached hydrogens (primary N) is 1. The van der Waals surface area contributed by atoms with Gasteiger partial charge in [0.05, 0.1) is 6.54 Å². The van der Waals surface area contributed by atoms with Gasteiger partial charge in [0.2, 0.25) is 0 Å². The Morgan fingerprint density at radius 1 is 1.47 bits per heavy atom.